The summed E-state index contributed by atoms with van der Waals surface area (Å²) >= 11 is 0. The van der Waals surface area contributed by atoms with Gasteiger partial charge in [0.25, 0.3) is 0 Å². The number of guanidine groups is 1. The maximum Gasteiger partial charge on any atom is 0.191 e. The van der Waals surface area contributed by atoms with Crippen molar-refractivity contribution >= 4 is 29.9 Å². The van der Waals surface area contributed by atoms with Gasteiger partial charge in [0.15, 0.2) is 17.6 Å². The monoisotopic (exact) mass is 429 g/mol. The van der Waals surface area contributed by atoms with Crippen molar-refractivity contribution in [3.63, 3.8) is 0 Å². The predicted octanol–water partition coefficient (Wildman–Crippen LogP) is 2.16. The molecule has 0 saturated heterocycles. The molecule has 0 unspecified atom stereocenters. The molecule has 0 amide bonds. The summed E-state index contributed by atoms with van der Waals surface area (Å²) in [7, 11) is 1.66. The number of rotatable bonds is 8. The number of halogens is 3. The van der Waals surface area contributed by atoms with Crippen molar-refractivity contribution in [3.05, 3.63) is 29.8 Å². The highest BCUT2D eigenvalue weighted by Crippen LogP contribution is 2.14. The van der Waals surface area contributed by atoms with Crippen molar-refractivity contribution in [2.45, 2.75) is 6.92 Å². The number of hydrogen-bond acceptors (Lipinski definition) is 3. The van der Waals surface area contributed by atoms with Crippen molar-refractivity contribution < 1.29 is 18.3 Å². The van der Waals surface area contributed by atoms with E-state index >= 15 is 0 Å². The molecule has 126 valence electrons. The average molecular weight is 429 g/mol. The molecule has 0 aliphatic carbocycles. The fourth-order valence-electron chi connectivity index (χ4n) is 1.51. The molecule has 0 fully saturated rings. The Bertz CT molecular complexity index is 462. The van der Waals surface area contributed by atoms with Gasteiger partial charge in [-0.3, -0.25) is 4.99 Å². The van der Waals surface area contributed by atoms with E-state index in [4.69, 9.17) is 9.47 Å². The summed E-state index contributed by atoms with van der Waals surface area (Å²) in [6.07, 6.45) is 0. The third kappa shape index (κ3) is 8.32. The maximum absolute atomic E-state index is 13.0. The van der Waals surface area contributed by atoms with Crippen LogP contribution in [-0.2, 0) is 4.74 Å². The summed E-state index contributed by atoms with van der Waals surface area (Å²) in [6, 6.07) is 3.43. The van der Waals surface area contributed by atoms with Crippen LogP contribution in [0.4, 0.5) is 8.78 Å². The Balaban J connectivity index is 0.00000441. The van der Waals surface area contributed by atoms with Crippen LogP contribution in [0, 0.1) is 11.6 Å². The second-order valence-electron chi connectivity index (χ2n) is 4.05. The zero-order valence-corrected chi connectivity index (χ0v) is 15.0. The van der Waals surface area contributed by atoms with Crippen molar-refractivity contribution in [1.29, 1.82) is 0 Å². The minimum Gasteiger partial charge on any atom is -0.492 e. The Kier molecular flexibility index (Phi) is 11.7. The first-order valence-corrected chi connectivity index (χ1v) is 6.77. The Morgan fingerprint density at radius 2 is 1.82 bits per heavy atom. The fourth-order valence-corrected chi connectivity index (χ4v) is 1.51. The van der Waals surface area contributed by atoms with E-state index in [1.807, 2.05) is 6.92 Å². The van der Waals surface area contributed by atoms with Crippen LogP contribution in [0.25, 0.3) is 0 Å². The molecule has 0 radical (unpaired) electrons. The third-order valence-electron chi connectivity index (χ3n) is 2.52. The van der Waals surface area contributed by atoms with Crippen LogP contribution in [0.2, 0.25) is 0 Å². The van der Waals surface area contributed by atoms with Crippen LogP contribution in [-0.4, -0.2) is 45.9 Å². The molecule has 0 bridgehead atoms. The van der Waals surface area contributed by atoms with Gasteiger partial charge in [-0.15, -0.1) is 24.0 Å². The molecule has 0 saturated carbocycles. The molecular weight excluding hydrogens is 407 g/mol. The summed E-state index contributed by atoms with van der Waals surface area (Å²) in [6.45, 7) is 4.64. The number of nitrogens with zero attached hydrogens (tertiary/aromatic N) is 1. The quantitative estimate of drug-likeness (QED) is 0.288. The van der Waals surface area contributed by atoms with E-state index in [-0.39, 0.29) is 29.7 Å². The number of ether oxygens (including phenoxy) is 2. The van der Waals surface area contributed by atoms with Crippen LogP contribution in [0.1, 0.15) is 6.92 Å². The van der Waals surface area contributed by atoms with Crippen molar-refractivity contribution in [2.24, 2.45) is 4.99 Å². The predicted molar refractivity (Wildman–Crippen MR) is 93.1 cm³/mol. The smallest absolute Gasteiger partial charge is 0.191 e. The first-order chi connectivity index (χ1) is 10.2. The van der Waals surface area contributed by atoms with Crippen LogP contribution >= 0.6 is 24.0 Å². The van der Waals surface area contributed by atoms with E-state index in [2.05, 4.69) is 15.6 Å². The maximum atomic E-state index is 13.0. The molecule has 0 atom stereocenters. The van der Waals surface area contributed by atoms with E-state index in [1.165, 1.54) is 6.07 Å². The van der Waals surface area contributed by atoms with Gasteiger partial charge in [0, 0.05) is 26.3 Å². The lowest BCUT2D eigenvalue weighted by atomic mass is 10.3. The number of aliphatic imine (C=N–C) groups is 1. The van der Waals surface area contributed by atoms with E-state index in [1.54, 1.807) is 7.05 Å². The lowest BCUT2D eigenvalue weighted by molar-refractivity contribution is 0.152. The first kappa shape index (κ1) is 20.8. The second kappa shape index (κ2) is 12.4. The van der Waals surface area contributed by atoms with Gasteiger partial charge in [-0.25, -0.2) is 8.78 Å². The molecule has 2 N–H and O–H groups in total. The highest BCUT2D eigenvalue weighted by atomic mass is 127. The SMILES string of the molecule is CCOCCNC(=NC)NCCOc1ccc(F)c(F)c1.I. The minimum atomic E-state index is -0.922. The lowest BCUT2D eigenvalue weighted by Crippen LogP contribution is -2.40. The van der Waals surface area contributed by atoms with Crippen molar-refractivity contribution in [1.82, 2.24) is 10.6 Å². The van der Waals surface area contributed by atoms with Gasteiger partial charge in [-0.2, -0.15) is 0 Å². The molecular formula is C14H22F2IN3O2. The minimum absolute atomic E-state index is 0. The second-order valence-corrected chi connectivity index (χ2v) is 4.05. The molecule has 5 nitrogen and oxygen atoms in total. The summed E-state index contributed by atoms with van der Waals surface area (Å²) in [5.41, 5.74) is 0. The fraction of sp³-hybridized carbons (Fsp3) is 0.500. The van der Waals surface area contributed by atoms with E-state index in [0.29, 0.717) is 38.9 Å². The standard InChI is InChI=1S/C14H21F2N3O2.HI/c1-3-20-8-6-18-14(17-2)19-7-9-21-11-4-5-12(15)13(16)10-11;/h4-5,10H,3,6-9H2,1-2H3,(H2,17,18,19);1H. The average Bonchev–Trinajstić information content (AvgIpc) is 2.49. The summed E-state index contributed by atoms with van der Waals surface area (Å²) < 4.78 is 36.2. The largest absolute Gasteiger partial charge is 0.492 e. The Morgan fingerprint density at radius 3 is 2.41 bits per heavy atom. The molecule has 0 heterocycles. The zero-order chi connectivity index (χ0) is 15.5. The van der Waals surface area contributed by atoms with E-state index in [0.717, 1.165) is 12.1 Å². The Hall–Kier alpha value is -1.16. The molecule has 1 rings (SSSR count). The highest BCUT2D eigenvalue weighted by Gasteiger charge is 2.03. The van der Waals surface area contributed by atoms with Gasteiger partial charge >= 0.3 is 0 Å². The highest BCUT2D eigenvalue weighted by molar-refractivity contribution is 14.0. The van der Waals surface area contributed by atoms with E-state index in [9.17, 15) is 8.78 Å². The summed E-state index contributed by atoms with van der Waals surface area (Å²) in [5, 5.41) is 6.10. The normalized spacial score (nSPS) is 10.8. The van der Waals surface area contributed by atoms with Gasteiger partial charge in [-0.1, -0.05) is 0 Å². The van der Waals surface area contributed by atoms with Gasteiger partial charge in [0.1, 0.15) is 12.4 Å². The van der Waals surface area contributed by atoms with Crippen LogP contribution < -0.4 is 15.4 Å². The van der Waals surface area contributed by atoms with Gasteiger partial charge in [0.2, 0.25) is 0 Å². The third-order valence-corrected chi connectivity index (χ3v) is 2.52. The molecule has 1 aromatic carbocycles. The molecule has 1 aromatic rings. The van der Waals surface area contributed by atoms with Crippen LogP contribution in [0.5, 0.6) is 5.75 Å². The molecule has 8 heteroatoms. The lowest BCUT2D eigenvalue weighted by Gasteiger charge is -2.12. The van der Waals surface area contributed by atoms with Crippen molar-refractivity contribution in [2.75, 3.05) is 40.0 Å². The molecule has 0 spiro atoms. The van der Waals surface area contributed by atoms with Crippen LogP contribution in [0.15, 0.2) is 23.2 Å². The Labute approximate surface area is 146 Å². The summed E-state index contributed by atoms with van der Waals surface area (Å²) in [4.78, 5) is 4.03. The topological polar surface area (TPSA) is 54.9 Å². The molecule has 0 aliphatic rings. The molecule has 22 heavy (non-hydrogen) atoms. The van der Waals surface area contributed by atoms with Gasteiger partial charge in [-0.05, 0) is 19.1 Å². The van der Waals surface area contributed by atoms with Gasteiger partial charge in [0.05, 0.1) is 13.2 Å². The number of nitrogens with one attached hydrogen (secondary N) is 2. The number of benzene rings is 1. The molecule has 0 aromatic heterocycles. The number of hydrogen-bond donors (Lipinski definition) is 2. The van der Waals surface area contributed by atoms with Crippen LogP contribution in [0.3, 0.4) is 0 Å². The first-order valence-electron chi connectivity index (χ1n) is 6.77. The van der Waals surface area contributed by atoms with Gasteiger partial charge < -0.3 is 20.1 Å². The summed E-state index contributed by atoms with van der Waals surface area (Å²) in [5.74, 6) is -0.896. The molecule has 0 aliphatic heterocycles. The zero-order valence-electron chi connectivity index (χ0n) is 12.7. The Morgan fingerprint density at radius 1 is 1.14 bits per heavy atom. The van der Waals surface area contributed by atoms with E-state index < -0.39 is 11.6 Å². The van der Waals surface area contributed by atoms with Crippen molar-refractivity contribution in [3.8, 4) is 5.75 Å².